The van der Waals surface area contributed by atoms with Gasteiger partial charge in [0.2, 0.25) is 5.91 Å². The smallest absolute Gasteiger partial charge is 0.411 e. The number of aromatic nitrogens is 2. The molecular formula is C28H29FN4O4. The highest BCUT2D eigenvalue weighted by molar-refractivity contribution is 6.04. The Labute approximate surface area is 214 Å². The fourth-order valence-electron chi connectivity index (χ4n) is 4.54. The summed E-state index contributed by atoms with van der Waals surface area (Å²) in [5.41, 5.74) is 3.78. The molecule has 192 valence electrons. The molecule has 2 aliphatic rings. The molecule has 8 nitrogen and oxygen atoms in total. The van der Waals surface area contributed by atoms with E-state index in [1.807, 2.05) is 30.3 Å². The van der Waals surface area contributed by atoms with Gasteiger partial charge in [-0.15, -0.1) is 0 Å². The lowest BCUT2D eigenvalue weighted by atomic mass is 9.93. The lowest BCUT2D eigenvalue weighted by Crippen LogP contribution is -2.42. The van der Waals surface area contributed by atoms with E-state index in [1.165, 1.54) is 4.90 Å². The number of fused-ring (bicyclic) bond motifs is 1. The zero-order chi connectivity index (χ0) is 26.3. The number of rotatable bonds is 5. The first-order chi connectivity index (χ1) is 17.6. The highest BCUT2D eigenvalue weighted by atomic mass is 19.1. The number of hydrogen-bond acceptors (Lipinski definition) is 5. The summed E-state index contributed by atoms with van der Waals surface area (Å²) in [6.07, 6.45) is 0.635. The van der Waals surface area contributed by atoms with Gasteiger partial charge in [-0.25, -0.2) is 14.2 Å². The maximum Gasteiger partial charge on any atom is 0.411 e. The van der Waals surface area contributed by atoms with E-state index in [0.29, 0.717) is 29.2 Å². The van der Waals surface area contributed by atoms with Gasteiger partial charge >= 0.3 is 6.09 Å². The van der Waals surface area contributed by atoms with Crippen LogP contribution in [0.5, 0.6) is 0 Å². The Hall–Kier alpha value is -4.01. The third-order valence-corrected chi connectivity index (χ3v) is 6.37. The molecule has 2 amide bonds. The number of nitrogens with zero attached hydrogens (tertiary/aromatic N) is 2. The number of pyridine rings is 1. The number of ketones is 1. The molecule has 0 bridgehead atoms. The summed E-state index contributed by atoms with van der Waals surface area (Å²) in [6, 6.07) is 13.3. The van der Waals surface area contributed by atoms with Crippen molar-refractivity contribution in [2.24, 2.45) is 5.92 Å². The van der Waals surface area contributed by atoms with E-state index >= 15 is 0 Å². The summed E-state index contributed by atoms with van der Waals surface area (Å²) in [6.45, 7) is 5.47. The number of aromatic amines is 1. The first-order valence-electron chi connectivity index (χ1n) is 12.3. The maximum absolute atomic E-state index is 13.4. The van der Waals surface area contributed by atoms with Crippen molar-refractivity contribution in [3.05, 3.63) is 71.0 Å². The quantitative estimate of drug-likeness (QED) is 0.515. The van der Waals surface area contributed by atoms with Crippen molar-refractivity contribution in [1.29, 1.82) is 0 Å². The summed E-state index contributed by atoms with van der Waals surface area (Å²) in [5, 5.41) is 2.69. The van der Waals surface area contributed by atoms with Crippen molar-refractivity contribution in [3.8, 4) is 11.3 Å². The molecule has 0 spiro atoms. The summed E-state index contributed by atoms with van der Waals surface area (Å²) in [5.74, 6) is -0.892. The van der Waals surface area contributed by atoms with Crippen LogP contribution in [0.15, 0.2) is 48.7 Å². The van der Waals surface area contributed by atoms with Crippen LogP contribution in [0.1, 0.15) is 54.4 Å². The minimum Gasteiger partial charge on any atom is -0.444 e. The van der Waals surface area contributed by atoms with E-state index < -0.39 is 29.7 Å². The van der Waals surface area contributed by atoms with Crippen molar-refractivity contribution in [2.45, 2.75) is 51.9 Å². The van der Waals surface area contributed by atoms with Gasteiger partial charge in [-0.3, -0.25) is 14.5 Å². The minimum atomic E-state index is -1.10. The van der Waals surface area contributed by atoms with Gasteiger partial charge in [0.25, 0.3) is 0 Å². The molecule has 1 fully saturated rings. The predicted octanol–water partition coefficient (Wildman–Crippen LogP) is 4.90. The Bertz CT molecular complexity index is 1360. The molecule has 5 rings (SSSR count). The van der Waals surface area contributed by atoms with E-state index in [1.54, 1.807) is 39.1 Å². The van der Waals surface area contributed by atoms with Gasteiger partial charge < -0.3 is 15.0 Å². The van der Waals surface area contributed by atoms with E-state index in [9.17, 15) is 18.8 Å². The Morgan fingerprint density at radius 1 is 1.19 bits per heavy atom. The Kier molecular flexibility index (Phi) is 6.31. The fourth-order valence-corrected chi connectivity index (χ4v) is 4.54. The zero-order valence-corrected chi connectivity index (χ0v) is 21.0. The number of carbonyl (C=O) groups excluding carboxylic acids is 3. The second kappa shape index (κ2) is 9.46. The summed E-state index contributed by atoms with van der Waals surface area (Å²) in [4.78, 5) is 47.3. The summed E-state index contributed by atoms with van der Waals surface area (Å²) < 4.78 is 18.8. The number of Topliss-reactive ketones (excluding diaryl/α,β-unsaturated/α-hetero) is 1. The third kappa shape index (κ3) is 5.40. The van der Waals surface area contributed by atoms with Gasteiger partial charge in [-0.1, -0.05) is 30.3 Å². The van der Waals surface area contributed by atoms with Gasteiger partial charge in [-0.2, -0.15) is 0 Å². The molecule has 37 heavy (non-hydrogen) atoms. The summed E-state index contributed by atoms with van der Waals surface area (Å²) in [7, 11) is 0. The molecule has 2 aromatic heterocycles. The van der Waals surface area contributed by atoms with Crippen molar-refractivity contribution in [3.63, 3.8) is 0 Å². The number of carbonyl (C=O) groups is 3. The standard InChI is InChI=1S/C28H29FN4O4/c1-28(2,3)37-27(36)33-14-21-24(22(34)15-33)19(11-16-7-5-4-6-8-16)25(31-21)17-9-10-30-23(12-17)32-26(35)18-13-20(18)29/h4-10,12,18,20,31H,11,13-15H2,1-3H3,(H,30,32,35)/t18-,20+/m0/s1. The number of alkyl halides is 1. The molecule has 0 radical (unpaired) electrons. The Balaban J connectivity index is 1.51. The van der Waals surface area contributed by atoms with Gasteiger partial charge in [0.15, 0.2) is 5.78 Å². The molecule has 1 saturated carbocycles. The summed E-state index contributed by atoms with van der Waals surface area (Å²) >= 11 is 0. The first-order valence-corrected chi connectivity index (χ1v) is 12.3. The van der Waals surface area contributed by atoms with Crippen molar-refractivity contribution >= 4 is 23.6 Å². The maximum atomic E-state index is 13.4. The van der Waals surface area contributed by atoms with E-state index in [-0.39, 0.29) is 25.3 Å². The van der Waals surface area contributed by atoms with Crippen LogP contribution in [-0.4, -0.2) is 51.0 Å². The highest BCUT2D eigenvalue weighted by Crippen LogP contribution is 2.36. The molecule has 3 aromatic rings. The van der Waals surface area contributed by atoms with Crippen LogP contribution < -0.4 is 5.32 Å². The fraction of sp³-hybridized carbons (Fsp3) is 0.357. The number of hydrogen-bond donors (Lipinski definition) is 2. The van der Waals surface area contributed by atoms with Gasteiger partial charge in [0, 0.05) is 29.4 Å². The number of nitrogens with one attached hydrogen (secondary N) is 2. The van der Waals surface area contributed by atoms with E-state index in [4.69, 9.17) is 4.74 Å². The number of benzene rings is 1. The molecule has 0 unspecified atom stereocenters. The topological polar surface area (TPSA) is 104 Å². The van der Waals surface area contributed by atoms with Crippen LogP contribution in [-0.2, 0) is 22.5 Å². The average Bonchev–Trinajstić information content (AvgIpc) is 3.46. The van der Waals surface area contributed by atoms with Crippen LogP contribution in [0.25, 0.3) is 11.3 Å². The number of halogens is 1. The van der Waals surface area contributed by atoms with E-state index in [2.05, 4.69) is 15.3 Å². The second-order valence-electron chi connectivity index (χ2n) is 10.5. The third-order valence-electron chi connectivity index (χ3n) is 6.37. The number of amides is 2. The molecule has 1 aliphatic heterocycles. The van der Waals surface area contributed by atoms with Crippen LogP contribution in [0.4, 0.5) is 15.0 Å². The van der Waals surface area contributed by atoms with Crippen molar-refractivity contribution in [2.75, 3.05) is 11.9 Å². The largest absolute Gasteiger partial charge is 0.444 e. The molecule has 0 saturated heterocycles. The number of ether oxygens (including phenoxy) is 1. The molecule has 2 N–H and O–H groups in total. The van der Waals surface area contributed by atoms with Gasteiger partial charge in [-0.05, 0) is 50.5 Å². The first kappa shape index (κ1) is 24.7. The molecule has 1 aromatic carbocycles. The van der Waals surface area contributed by atoms with Crippen LogP contribution in [0.3, 0.4) is 0 Å². The monoisotopic (exact) mass is 504 g/mol. The van der Waals surface area contributed by atoms with Gasteiger partial charge in [0.05, 0.1) is 24.7 Å². The second-order valence-corrected chi connectivity index (χ2v) is 10.5. The lowest BCUT2D eigenvalue weighted by molar-refractivity contribution is -0.117. The molecule has 1 aliphatic carbocycles. The lowest BCUT2D eigenvalue weighted by Gasteiger charge is -2.29. The van der Waals surface area contributed by atoms with E-state index in [0.717, 1.165) is 16.7 Å². The van der Waals surface area contributed by atoms with Gasteiger partial charge in [0.1, 0.15) is 17.6 Å². The SMILES string of the molecule is CC(C)(C)OC(=O)N1CC(=O)c2c([nH]c(-c3ccnc(NC(=O)[C@H]4C[C@H]4F)c3)c2Cc2ccccc2)C1. The Morgan fingerprint density at radius 3 is 2.59 bits per heavy atom. The Morgan fingerprint density at radius 2 is 1.92 bits per heavy atom. The van der Waals surface area contributed by atoms with Crippen LogP contribution in [0, 0.1) is 5.92 Å². The molecule has 9 heteroatoms. The van der Waals surface area contributed by atoms with Crippen LogP contribution in [0.2, 0.25) is 0 Å². The minimum absolute atomic E-state index is 0.0789. The van der Waals surface area contributed by atoms with Crippen molar-refractivity contribution < 1.29 is 23.5 Å². The molecule has 2 atom stereocenters. The zero-order valence-electron chi connectivity index (χ0n) is 21.0. The van der Waals surface area contributed by atoms with Crippen molar-refractivity contribution in [1.82, 2.24) is 14.9 Å². The average molecular weight is 505 g/mol. The number of H-pyrrole nitrogens is 1. The normalized spacial score (nSPS) is 18.8. The molecule has 3 heterocycles. The van der Waals surface area contributed by atoms with Crippen LogP contribution >= 0.6 is 0 Å². The molecular weight excluding hydrogens is 475 g/mol. The predicted molar refractivity (Wildman–Crippen MR) is 136 cm³/mol. The highest BCUT2D eigenvalue weighted by Gasteiger charge is 2.43. The number of anilines is 1.